The Kier molecular flexibility index (Phi) is 81.5. The molecule has 106 heavy (non-hydrogen) atoms. The van der Waals surface area contributed by atoms with E-state index in [-0.39, 0.29) is 35.4 Å². The number of carbonyl (C=O) groups excluding carboxylic acids is 6. The summed E-state index contributed by atoms with van der Waals surface area (Å²) in [4.78, 5) is 90.9. The first-order valence-corrected chi connectivity index (χ1v) is 46.5. The van der Waals surface area contributed by atoms with E-state index in [1.165, 1.54) is 270 Å². The Labute approximate surface area is 657 Å². The molecule has 16 heteroatoms. The monoisotopic (exact) mass is 1500 g/mol. The standard InChI is InChI=1S/C90H180N10O6/c1-7-13-19-25-31-37-43-49-55-67-91-85(101)61-73-97(74-62-86(102)92-68-56-50-44-38-32-26-20-14-8-2)79-81-99(77-65-89(105)95-71-59-53-47-41-35-29-23-17-11-5)83-84-100(78-66-90(106)96-72-60-54-48-42-36-30-24-18-12-6)82-80-98(75-63-87(103)93-69-57-51-45-39-33-27-21-15-9-3)76-64-88(104)94-70-58-52-46-40-34-28-22-16-10-4/h7-84H2,1-6H3,(H,91,101)(H,92,102)(H,93,103)(H,94,104)(H,95,105)(H,96,106). The maximum Gasteiger partial charge on any atom is 0.221 e. The summed E-state index contributed by atoms with van der Waals surface area (Å²) < 4.78 is 0. The van der Waals surface area contributed by atoms with Crippen molar-refractivity contribution in [3.8, 4) is 0 Å². The van der Waals surface area contributed by atoms with E-state index in [0.29, 0.717) is 156 Å². The van der Waals surface area contributed by atoms with E-state index in [1.54, 1.807) is 0 Å². The van der Waals surface area contributed by atoms with Gasteiger partial charge < -0.3 is 51.5 Å². The third-order valence-electron chi connectivity index (χ3n) is 21.7. The molecule has 0 fully saturated rings. The van der Waals surface area contributed by atoms with Crippen molar-refractivity contribution in [2.24, 2.45) is 0 Å². The third kappa shape index (κ3) is 77.4. The molecular formula is C90H180N10O6. The Morgan fingerprint density at radius 1 is 0.151 bits per heavy atom. The van der Waals surface area contributed by atoms with Gasteiger partial charge in [0.25, 0.3) is 0 Å². The molecule has 6 N–H and O–H groups in total. The number of hydrogen-bond donors (Lipinski definition) is 6. The zero-order chi connectivity index (χ0) is 77.2. The van der Waals surface area contributed by atoms with Gasteiger partial charge in [0.1, 0.15) is 0 Å². The molecule has 0 aliphatic heterocycles. The molecule has 0 aromatic heterocycles. The van der Waals surface area contributed by atoms with E-state index >= 15 is 0 Å². The van der Waals surface area contributed by atoms with E-state index < -0.39 is 0 Å². The van der Waals surface area contributed by atoms with Crippen LogP contribution in [0, 0.1) is 0 Å². The first-order valence-electron chi connectivity index (χ1n) is 46.5. The van der Waals surface area contributed by atoms with Crippen molar-refractivity contribution < 1.29 is 28.8 Å². The van der Waals surface area contributed by atoms with Gasteiger partial charge >= 0.3 is 0 Å². The molecule has 0 aliphatic rings. The molecule has 0 atom stereocenters. The van der Waals surface area contributed by atoms with Crippen LogP contribution in [0.15, 0.2) is 0 Å². The average Bonchev–Trinajstić information content (AvgIpc) is 0.989. The topological polar surface area (TPSA) is 188 Å². The Morgan fingerprint density at radius 3 is 0.377 bits per heavy atom. The summed E-state index contributed by atoms with van der Waals surface area (Å²) in [7, 11) is 0. The quantitative estimate of drug-likeness (QED) is 0.0320. The lowest BCUT2D eigenvalue weighted by Gasteiger charge is -2.31. The van der Waals surface area contributed by atoms with Gasteiger partial charge in [-0.1, -0.05) is 350 Å². The lowest BCUT2D eigenvalue weighted by Crippen LogP contribution is -2.45. The molecule has 626 valence electrons. The third-order valence-corrected chi connectivity index (χ3v) is 21.7. The van der Waals surface area contributed by atoms with Gasteiger partial charge in [-0.15, -0.1) is 0 Å². The Bertz CT molecular complexity index is 1700. The summed E-state index contributed by atoms with van der Waals surface area (Å²) in [5, 5.41) is 19.4. The van der Waals surface area contributed by atoms with Crippen molar-refractivity contribution in [3.05, 3.63) is 0 Å². The number of nitrogens with zero attached hydrogens (tertiary/aromatic N) is 4. The zero-order valence-corrected chi connectivity index (χ0v) is 71.4. The van der Waals surface area contributed by atoms with Gasteiger partial charge in [-0.05, 0) is 38.5 Å². The number of carbonyl (C=O) groups is 6. The van der Waals surface area contributed by atoms with Gasteiger partial charge in [0.15, 0.2) is 0 Å². The smallest absolute Gasteiger partial charge is 0.221 e. The molecule has 0 heterocycles. The number of unbranched alkanes of at least 4 members (excludes halogenated alkanes) is 48. The van der Waals surface area contributed by atoms with Crippen molar-refractivity contribution in [1.82, 2.24) is 51.5 Å². The summed E-state index contributed by atoms with van der Waals surface area (Å²) in [6.07, 6.45) is 68.6. The second kappa shape index (κ2) is 84.1. The summed E-state index contributed by atoms with van der Waals surface area (Å²) in [5.74, 6) is 0.299. The fourth-order valence-corrected chi connectivity index (χ4v) is 14.3. The van der Waals surface area contributed by atoms with Gasteiger partial charge in [-0.25, -0.2) is 0 Å². The molecule has 0 saturated carbocycles. The van der Waals surface area contributed by atoms with E-state index in [9.17, 15) is 28.8 Å². The van der Waals surface area contributed by atoms with Crippen LogP contribution in [0.2, 0.25) is 0 Å². The molecule has 0 aliphatic carbocycles. The largest absolute Gasteiger partial charge is 0.356 e. The summed E-state index contributed by atoms with van der Waals surface area (Å²) in [6.45, 7) is 24.8. The predicted octanol–water partition coefficient (Wildman–Crippen LogP) is 20.4. The van der Waals surface area contributed by atoms with Crippen LogP contribution in [0.5, 0.6) is 0 Å². The van der Waals surface area contributed by atoms with E-state index in [0.717, 1.165) is 77.0 Å². The fraction of sp³-hybridized carbons (Fsp3) is 0.933. The van der Waals surface area contributed by atoms with Crippen molar-refractivity contribution in [3.63, 3.8) is 0 Å². The first kappa shape index (κ1) is 103. The second-order valence-corrected chi connectivity index (χ2v) is 31.9. The zero-order valence-electron chi connectivity index (χ0n) is 71.4. The molecule has 0 radical (unpaired) electrons. The highest BCUT2D eigenvalue weighted by atomic mass is 16.2. The SMILES string of the molecule is CCCCCCCCCCCNC(=O)CCN(CCC(=O)NCCCCCCCCCCC)CCN(CCC(=O)NCCCCCCCCCCC)CCN(CCC(=O)NCCCCCCCCCCC)CCN(CCC(=O)NCCCCCCCCCCC)CCC(=O)NCCCCCCCCCCC. The molecule has 16 nitrogen and oxygen atoms in total. The van der Waals surface area contributed by atoms with E-state index in [1.807, 2.05) is 0 Å². The number of nitrogens with one attached hydrogen (secondary N) is 6. The maximum absolute atomic E-state index is 13.8. The Morgan fingerprint density at radius 2 is 0.255 bits per heavy atom. The van der Waals surface area contributed by atoms with Crippen LogP contribution in [-0.2, 0) is 28.8 Å². The number of rotatable bonds is 87. The van der Waals surface area contributed by atoms with Gasteiger partial charge in [0, 0.05) is 156 Å². The lowest BCUT2D eigenvalue weighted by molar-refractivity contribution is -0.123. The minimum absolute atomic E-state index is 0.0474. The van der Waals surface area contributed by atoms with E-state index in [4.69, 9.17) is 0 Å². The van der Waals surface area contributed by atoms with Crippen LogP contribution in [0.1, 0.15) is 427 Å². The molecule has 0 saturated heterocycles. The van der Waals surface area contributed by atoms with Crippen LogP contribution in [0.4, 0.5) is 0 Å². The van der Waals surface area contributed by atoms with Crippen molar-refractivity contribution in [2.45, 2.75) is 427 Å². The molecule has 0 rings (SSSR count). The maximum atomic E-state index is 13.8. The molecule has 0 spiro atoms. The molecular weight excluding hydrogens is 1320 g/mol. The Balaban J connectivity index is 6.75. The van der Waals surface area contributed by atoms with Crippen LogP contribution in [0.25, 0.3) is 0 Å². The van der Waals surface area contributed by atoms with Crippen LogP contribution in [-0.4, -0.2) is 173 Å². The molecule has 0 unspecified atom stereocenters. The number of hydrogen-bond acceptors (Lipinski definition) is 10. The lowest BCUT2D eigenvalue weighted by atomic mass is 10.1. The molecule has 0 aromatic carbocycles. The highest BCUT2D eigenvalue weighted by Gasteiger charge is 2.19. The van der Waals surface area contributed by atoms with Crippen LogP contribution >= 0.6 is 0 Å². The van der Waals surface area contributed by atoms with Gasteiger partial charge in [0.2, 0.25) is 35.4 Å². The molecule has 0 aromatic rings. The van der Waals surface area contributed by atoms with Crippen molar-refractivity contribution >= 4 is 35.4 Å². The van der Waals surface area contributed by atoms with Gasteiger partial charge in [-0.3, -0.25) is 28.8 Å². The summed E-state index contributed by atoms with van der Waals surface area (Å²) >= 11 is 0. The first-order chi connectivity index (χ1) is 52.0. The average molecular weight is 1500 g/mol. The highest BCUT2D eigenvalue weighted by molar-refractivity contribution is 5.78. The Hall–Kier alpha value is -3.34. The predicted molar refractivity (Wildman–Crippen MR) is 455 cm³/mol. The molecule has 0 bridgehead atoms. The molecule has 6 amide bonds. The minimum Gasteiger partial charge on any atom is -0.356 e. The second-order valence-electron chi connectivity index (χ2n) is 31.9. The summed E-state index contributed by atoms with van der Waals surface area (Å²) in [6, 6.07) is 0. The van der Waals surface area contributed by atoms with Crippen LogP contribution < -0.4 is 31.9 Å². The minimum atomic E-state index is 0.0474. The normalized spacial score (nSPS) is 11.6. The fourth-order valence-electron chi connectivity index (χ4n) is 14.3. The van der Waals surface area contributed by atoms with E-state index in [2.05, 4.69) is 93.0 Å². The highest BCUT2D eigenvalue weighted by Crippen LogP contribution is 2.16. The van der Waals surface area contributed by atoms with Crippen LogP contribution in [0.3, 0.4) is 0 Å². The van der Waals surface area contributed by atoms with Gasteiger partial charge in [-0.2, -0.15) is 0 Å². The van der Waals surface area contributed by atoms with Crippen molar-refractivity contribution in [2.75, 3.05) is 118 Å². The van der Waals surface area contributed by atoms with Gasteiger partial charge in [0.05, 0.1) is 0 Å². The summed E-state index contributed by atoms with van der Waals surface area (Å²) in [5.41, 5.74) is 0. The number of amides is 6. The van der Waals surface area contributed by atoms with Crippen molar-refractivity contribution in [1.29, 1.82) is 0 Å².